The molecule has 0 atom stereocenters. The number of methoxy groups -OCH3 is 1. The zero-order chi connectivity index (χ0) is 16.4. The lowest BCUT2D eigenvalue weighted by Crippen LogP contribution is -2.46. The first-order valence-corrected chi connectivity index (χ1v) is 8.36. The SMILES string of the molecule is COc1ccccc1N1CCN(Cc2ccc3nc[nH]c3c2)CC1. The van der Waals surface area contributed by atoms with Crippen molar-refractivity contribution in [2.75, 3.05) is 38.2 Å². The third-order valence-corrected chi connectivity index (χ3v) is 4.69. The average Bonchev–Trinajstić information content (AvgIpc) is 3.10. The molecule has 124 valence electrons. The predicted molar refractivity (Wildman–Crippen MR) is 96.6 cm³/mol. The standard InChI is InChI=1S/C19H22N4O/c1-24-19-5-3-2-4-18(19)23-10-8-22(9-11-23)13-15-6-7-16-17(12-15)21-14-20-16/h2-7,12,14H,8-11,13H2,1H3,(H,20,21). The molecule has 1 saturated heterocycles. The number of nitrogens with zero attached hydrogens (tertiary/aromatic N) is 3. The molecule has 0 unspecified atom stereocenters. The Labute approximate surface area is 141 Å². The van der Waals surface area contributed by atoms with Gasteiger partial charge in [0.05, 0.1) is 30.2 Å². The van der Waals surface area contributed by atoms with Crippen molar-refractivity contribution in [3.05, 3.63) is 54.4 Å². The molecule has 1 N–H and O–H groups in total. The van der Waals surface area contributed by atoms with Gasteiger partial charge in [-0.15, -0.1) is 0 Å². The van der Waals surface area contributed by atoms with Gasteiger partial charge < -0.3 is 14.6 Å². The number of aromatic nitrogens is 2. The molecule has 3 aromatic rings. The van der Waals surface area contributed by atoms with E-state index in [0.29, 0.717) is 0 Å². The van der Waals surface area contributed by atoms with Gasteiger partial charge in [-0.25, -0.2) is 4.98 Å². The lowest BCUT2D eigenvalue weighted by atomic mass is 10.1. The Hall–Kier alpha value is -2.53. The van der Waals surface area contributed by atoms with Crippen molar-refractivity contribution < 1.29 is 4.74 Å². The number of rotatable bonds is 4. The van der Waals surface area contributed by atoms with Gasteiger partial charge in [-0.1, -0.05) is 18.2 Å². The summed E-state index contributed by atoms with van der Waals surface area (Å²) >= 11 is 0. The molecule has 2 heterocycles. The third kappa shape index (κ3) is 2.95. The van der Waals surface area contributed by atoms with Gasteiger partial charge in [-0.3, -0.25) is 4.90 Å². The molecule has 0 amide bonds. The summed E-state index contributed by atoms with van der Waals surface area (Å²) < 4.78 is 5.49. The lowest BCUT2D eigenvalue weighted by Gasteiger charge is -2.36. The van der Waals surface area contributed by atoms with Crippen LogP contribution in [0, 0.1) is 0 Å². The van der Waals surface area contributed by atoms with Gasteiger partial charge >= 0.3 is 0 Å². The summed E-state index contributed by atoms with van der Waals surface area (Å²) in [4.78, 5) is 12.4. The summed E-state index contributed by atoms with van der Waals surface area (Å²) in [6, 6.07) is 14.7. The van der Waals surface area contributed by atoms with Crippen LogP contribution in [0.4, 0.5) is 5.69 Å². The van der Waals surface area contributed by atoms with Gasteiger partial charge in [0.2, 0.25) is 0 Å². The minimum Gasteiger partial charge on any atom is -0.495 e. The Balaban J connectivity index is 1.40. The normalized spacial score (nSPS) is 15.8. The largest absolute Gasteiger partial charge is 0.495 e. The molecule has 1 aliphatic rings. The fourth-order valence-corrected chi connectivity index (χ4v) is 3.38. The molecule has 4 rings (SSSR count). The zero-order valence-corrected chi connectivity index (χ0v) is 13.9. The molecule has 0 bridgehead atoms. The van der Waals surface area contributed by atoms with Crippen LogP contribution in [0.3, 0.4) is 0 Å². The highest BCUT2D eigenvalue weighted by molar-refractivity contribution is 5.75. The summed E-state index contributed by atoms with van der Waals surface area (Å²) in [5.41, 5.74) is 4.66. The van der Waals surface area contributed by atoms with E-state index in [9.17, 15) is 0 Å². The zero-order valence-electron chi connectivity index (χ0n) is 13.9. The number of H-pyrrole nitrogens is 1. The van der Waals surface area contributed by atoms with Crippen LogP contribution >= 0.6 is 0 Å². The summed E-state index contributed by atoms with van der Waals surface area (Å²) in [6.07, 6.45) is 1.75. The molecule has 0 spiro atoms. The maximum absolute atomic E-state index is 5.49. The van der Waals surface area contributed by atoms with Crippen molar-refractivity contribution in [3.8, 4) is 5.75 Å². The van der Waals surface area contributed by atoms with Crippen LogP contribution in [0.15, 0.2) is 48.8 Å². The molecule has 1 fully saturated rings. The maximum atomic E-state index is 5.49. The van der Waals surface area contributed by atoms with Crippen molar-refractivity contribution >= 4 is 16.7 Å². The van der Waals surface area contributed by atoms with E-state index in [0.717, 1.165) is 49.5 Å². The number of piperazine rings is 1. The third-order valence-electron chi connectivity index (χ3n) is 4.69. The average molecular weight is 322 g/mol. The number of aromatic amines is 1. The molecule has 2 aromatic carbocycles. The Morgan fingerprint density at radius 2 is 1.92 bits per heavy atom. The highest BCUT2D eigenvalue weighted by Crippen LogP contribution is 2.28. The topological polar surface area (TPSA) is 44.4 Å². The second-order valence-corrected chi connectivity index (χ2v) is 6.19. The fraction of sp³-hybridized carbons (Fsp3) is 0.316. The molecular formula is C19H22N4O. The molecular weight excluding hydrogens is 300 g/mol. The van der Waals surface area contributed by atoms with Crippen molar-refractivity contribution in [2.24, 2.45) is 0 Å². The number of ether oxygens (including phenoxy) is 1. The molecule has 1 aliphatic heterocycles. The van der Waals surface area contributed by atoms with Crippen molar-refractivity contribution in [1.82, 2.24) is 14.9 Å². The summed E-state index contributed by atoms with van der Waals surface area (Å²) in [7, 11) is 1.74. The smallest absolute Gasteiger partial charge is 0.142 e. The van der Waals surface area contributed by atoms with Gasteiger partial charge in [0, 0.05) is 32.7 Å². The van der Waals surface area contributed by atoms with Crippen LogP contribution in [0.5, 0.6) is 5.75 Å². The van der Waals surface area contributed by atoms with Crippen LogP contribution in [0.2, 0.25) is 0 Å². The number of hydrogen-bond acceptors (Lipinski definition) is 4. The second-order valence-electron chi connectivity index (χ2n) is 6.19. The number of hydrogen-bond donors (Lipinski definition) is 1. The first kappa shape index (κ1) is 15.0. The molecule has 1 aromatic heterocycles. The van der Waals surface area contributed by atoms with Crippen LogP contribution < -0.4 is 9.64 Å². The van der Waals surface area contributed by atoms with Crippen LogP contribution in [-0.2, 0) is 6.54 Å². The second kappa shape index (κ2) is 6.53. The van der Waals surface area contributed by atoms with Crippen LogP contribution in [-0.4, -0.2) is 48.2 Å². The number of imidazole rings is 1. The van der Waals surface area contributed by atoms with E-state index >= 15 is 0 Å². The molecule has 0 aliphatic carbocycles. The van der Waals surface area contributed by atoms with E-state index in [-0.39, 0.29) is 0 Å². The number of benzene rings is 2. The number of anilines is 1. The molecule has 24 heavy (non-hydrogen) atoms. The first-order valence-electron chi connectivity index (χ1n) is 8.36. The Morgan fingerprint density at radius 3 is 2.75 bits per heavy atom. The predicted octanol–water partition coefficient (Wildman–Crippen LogP) is 2.89. The first-order chi connectivity index (χ1) is 11.8. The van der Waals surface area contributed by atoms with E-state index in [4.69, 9.17) is 4.74 Å². The van der Waals surface area contributed by atoms with Crippen molar-refractivity contribution in [1.29, 1.82) is 0 Å². The Bertz CT molecular complexity index is 821. The number of nitrogens with one attached hydrogen (secondary N) is 1. The summed E-state index contributed by atoms with van der Waals surface area (Å²) in [6.45, 7) is 5.13. The molecule has 5 nitrogen and oxygen atoms in total. The van der Waals surface area contributed by atoms with Gasteiger partial charge in [-0.05, 0) is 29.8 Å². The summed E-state index contributed by atoms with van der Waals surface area (Å²) in [5, 5.41) is 0. The minimum absolute atomic E-state index is 0.954. The van der Waals surface area contributed by atoms with E-state index in [1.165, 1.54) is 11.3 Å². The van der Waals surface area contributed by atoms with Crippen LogP contribution in [0.25, 0.3) is 11.0 Å². The van der Waals surface area contributed by atoms with E-state index in [1.807, 2.05) is 12.1 Å². The number of para-hydroxylation sites is 2. The highest BCUT2D eigenvalue weighted by Gasteiger charge is 2.19. The van der Waals surface area contributed by atoms with Crippen LogP contribution in [0.1, 0.15) is 5.56 Å². The quantitative estimate of drug-likeness (QED) is 0.802. The van der Waals surface area contributed by atoms with E-state index < -0.39 is 0 Å². The molecule has 0 radical (unpaired) electrons. The fourth-order valence-electron chi connectivity index (χ4n) is 3.38. The van der Waals surface area contributed by atoms with Crippen molar-refractivity contribution in [3.63, 3.8) is 0 Å². The van der Waals surface area contributed by atoms with E-state index in [1.54, 1.807) is 13.4 Å². The van der Waals surface area contributed by atoms with Gasteiger partial charge in [-0.2, -0.15) is 0 Å². The monoisotopic (exact) mass is 322 g/mol. The van der Waals surface area contributed by atoms with Gasteiger partial charge in [0.1, 0.15) is 5.75 Å². The Kier molecular flexibility index (Phi) is 4.09. The van der Waals surface area contributed by atoms with Crippen molar-refractivity contribution in [2.45, 2.75) is 6.54 Å². The maximum Gasteiger partial charge on any atom is 0.142 e. The number of fused-ring (bicyclic) bond motifs is 1. The van der Waals surface area contributed by atoms with Gasteiger partial charge in [0.15, 0.2) is 0 Å². The lowest BCUT2D eigenvalue weighted by molar-refractivity contribution is 0.249. The minimum atomic E-state index is 0.954. The highest BCUT2D eigenvalue weighted by atomic mass is 16.5. The molecule has 0 saturated carbocycles. The summed E-state index contributed by atoms with van der Waals surface area (Å²) in [5.74, 6) is 0.954. The Morgan fingerprint density at radius 1 is 1.08 bits per heavy atom. The molecule has 5 heteroatoms. The van der Waals surface area contributed by atoms with E-state index in [2.05, 4.69) is 50.1 Å². The van der Waals surface area contributed by atoms with Gasteiger partial charge in [0.25, 0.3) is 0 Å².